The van der Waals surface area contributed by atoms with E-state index in [9.17, 15) is 9.18 Å². The van der Waals surface area contributed by atoms with Gasteiger partial charge in [0.15, 0.2) is 4.34 Å². The molecule has 8 heteroatoms. The fraction of sp³-hybridized carbons (Fsp3) is 0.0556. The molecular formula is C18H13FN4OS2. The van der Waals surface area contributed by atoms with Gasteiger partial charge in [-0.25, -0.2) is 4.39 Å². The number of carbonyl (C=O) groups excluding carboxylic acids is 1. The Balaban J connectivity index is 1.42. The zero-order chi connectivity index (χ0) is 17.9. The monoisotopic (exact) mass is 384 g/mol. The van der Waals surface area contributed by atoms with E-state index in [0.717, 1.165) is 10.1 Å². The molecule has 0 bridgehead atoms. The third kappa shape index (κ3) is 3.76. The van der Waals surface area contributed by atoms with Crippen molar-refractivity contribution in [1.82, 2.24) is 15.2 Å². The van der Waals surface area contributed by atoms with Gasteiger partial charge in [0.2, 0.25) is 5.13 Å². The van der Waals surface area contributed by atoms with Crippen molar-refractivity contribution >= 4 is 45.0 Å². The molecule has 0 aliphatic rings. The summed E-state index contributed by atoms with van der Waals surface area (Å²) in [5.41, 5.74) is 2.25. The Kier molecular flexibility index (Phi) is 4.68. The van der Waals surface area contributed by atoms with Crippen molar-refractivity contribution in [2.45, 2.75) is 10.1 Å². The number of nitrogens with zero attached hydrogens (tertiary/aromatic N) is 2. The van der Waals surface area contributed by atoms with Gasteiger partial charge in [0, 0.05) is 16.7 Å². The molecule has 0 radical (unpaired) electrons. The maximum Gasteiger partial charge on any atom is 0.273 e. The number of nitrogens with one attached hydrogen (secondary N) is 2. The number of amides is 1. The number of aromatic nitrogens is 3. The van der Waals surface area contributed by atoms with Gasteiger partial charge < -0.3 is 4.98 Å². The topological polar surface area (TPSA) is 70.7 Å². The van der Waals surface area contributed by atoms with Gasteiger partial charge in [-0.1, -0.05) is 53.4 Å². The molecule has 0 aliphatic carbocycles. The van der Waals surface area contributed by atoms with Gasteiger partial charge in [-0.2, -0.15) is 0 Å². The zero-order valence-corrected chi connectivity index (χ0v) is 15.0. The number of hydrogen-bond acceptors (Lipinski definition) is 5. The first-order valence-electron chi connectivity index (χ1n) is 7.77. The number of hydrogen-bond donors (Lipinski definition) is 2. The summed E-state index contributed by atoms with van der Waals surface area (Å²) in [6.07, 6.45) is 0. The molecule has 2 heterocycles. The van der Waals surface area contributed by atoms with Crippen LogP contribution in [0.2, 0.25) is 0 Å². The molecule has 0 atom stereocenters. The van der Waals surface area contributed by atoms with E-state index < -0.39 is 0 Å². The highest BCUT2D eigenvalue weighted by Crippen LogP contribution is 2.28. The van der Waals surface area contributed by atoms with Gasteiger partial charge in [-0.3, -0.25) is 10.1 Å². The minimum atomic E-state index is -0.340. The molecule has 2 aromatic carbocycles. The lowest BCUT2D eigenvalue weighted by Gasteiger charge is -1.98. The summed E-state index contributed by atoms with van der Waals surface area (Å²) >= 11 is 2.89. The number of carbonyl (C=O) groups is 1. The predicted octanol–water partition coefficient (Wildman–Crippen LogP) is 4.70. The summed E-state index contributed by atoms with van der Waals surface area (Å²) in [4.78, 5) is 15.3. The summed E-state index contributed by atoms with van der Waals surface area (Å²) in [6, 6.07) is 16.0. The first-order valence-corrected chi connectivity index (χ1v) is 9.57. The van der Waals surface area contributed by atoms with Crippen LogP contribution in [0.5, 0.6) is 0 Å². The highest BCUT2D eigenvalue weighted by Gasteiger charge is 2.13. The SMILES string of the molecule is O=C(Nc1nnc(SCc2ccccc2)s1)c1cc2cc(F)ccc2[nH]1. The summed E-state index contributed by atoms with van der Waals surface area (Å²) in [6.45, 7) is 0. The Bertz CT molecular complexity index is 1060. The van der Waals surface area contributed by atoms with Gasteiger partial charge in [0.1, 0.15) is 11.5 Å². The lowest BCUT2D eigenvalue weighted by atomic mass is 10.2. The molecule has 0 spiro atoms. The quantitative estimate of drug-likeness (QED) is 0.386. The van der Waals surface area contributed by atoms with Gasteiger partial charge >= 0.3 is 0 Å². The van der Waals surface area contributed by atoms with Crippen molar-refractivity contribution in [3.8, 4) is 0 Å². The predicted molar refractivity (Wildman–Crippen MR) is 102 cm³/mol. The first kappa shape index (κ1) is 16.7. The zero-order valence-electron chi connectivity index (χ0n) is 13.4. The standard InChI is InChI=1S/C18H13FN4OS2/c19-13-6-7-14-12(8-13)9-15(20-14)16(24)21-17-22-23-18(26-17)25-10-11-4-2-1-3-5-11/h1-9,20H,10H2,(H,21,22,24). The lowest BCUT2D eigenvalue weighted by molar-refractivity contribution is 0.102. The van der Waals surface area contributed by atoms with Crippen LogP contribution >= 0.6 is 23.1 Å². The van der Waals surface area contributed by atoms with Crippen molar-refractivity contribution in [1.29, 1.82) is 0 Å². The van der Waals surface area contributed by atoms with Gasteiger partial charge in [0.05, 0.1) is 0 Å². The first-order chi connectivity index (χ1) is 12.7. The number of H-pyrrole nitrogens is 1. The van der Waals surface area contributed by atoms with E-state index in [2.05, 4.69) is 32.6 Å². The summed E-state index contributed by atoms with van der Waals surface area (Å²) in [7, 11) is 0. The van der Waals surface area contributed by atoms with Crippen LogP contribution in [0, 0.1) is 5.82 Å². The molecule has 4 aromatic rings. The van der Waals surface area contributed by atoms with Crippen LogP contribution in [0.1, 0.15) is 16.1 Å². The second-order valence-corrected chi connectivity index (χ2v) is 7.72. The average molecular weight is 384 g/mol. The number of rotatable bonds is 5. The van der Waals surface area contributed by atoms with Crippen LogP contribution in [-0.2, 0) is 5.75 Å². The van der Waals surface area contributed by atoms with Crippen molar-refractivity contribution in [3.05, 3.63) is 71.7 Å². The van der Waals surface area contributed by atoms with Gasteiger partial charge in [-0.15, -0.1) is 10.2 Å². The Morgan fingerprint density at radius 3 is 2.85 bits per heavy atom. The molecule has 1 amide bonds. The highest BCUT2D eigenvalue weighted by molar-refractivity contribution is 8.00. The fourth-order valence-corrected chi connectivity index (χ4v) is 4.13. The lowest BCUT2D eigenvalue weighted by Crippen LogP contribution is -2.11. The molecule has 5 nitrogen and oxygen atoms in total. The molecule has 0 aliphatic heterocycles. The maximum atomic E-state index is 13.3. The molecule has 0 saturated carbocycles. The summed E-state index contributed by atoms with van der Waals surface area (Å²) in [5, 5.41) is 11.9. The van der Waals surface area contributed by atoms with Crippen LogP contribution in [0.15, 0.2) is 58.9 Å². The molecular weight excluding hydrogens is 371 g/mol. The van der Waals surface area contributed by atoms with Crippen molar-refractivity contribution in [3.63, 3.8) is 0 Å². The Labute approximate surface area is 156 Å². The number of halogens is 1. The molecule has 2 N–H and O–H groups in total. The average Bonchev–Trinajstić information content (AvgIpc) is 3.27. The number of anilines is 1. The summed E-state index contributed by atoms with van der Waals surface area (Å²) in [5.74, 6) is 0.113. The third-order valence-corrected chi connectivity index (χ3v) is 5.70. The van der Waals surface area contributed by atoms with E-state index in [1.807, 2.05) is 18.2 Å². The molecule has 26 heavy (non-hydrogen) atoms. The van der Waals surface area contributed by atoms with Gasteiger partial charge in [-0.05, 0) is 29.8 Å². The third-order valence-electron chi connectivity index (χ3n) is 3.66. The maximum absolute atomic E-state index is 13.3. The number of aromatic amines is 1. The molecule has 130 valence electrons. The fourth-order valence-electron chi connectivity index (χ4n) is 2.43. The van der Waals surface area contributed by atoms with Crippen molar-refractivity contribution in [2.75, 3.05) is 5.32 Å². The Morgan fingerprint density at radius 1 is 1.15 bits per heavy atom. The normalized spacial score (nSPS) is 11.0. The van der Waals surface area contributed by atoms with Crippen LogP contribution in [0.25, 0.3) is 10.9 Å². The van der Waals surface area contributed by atoms with E-state index in [1.54, 1.807) is 23.9 Å². The van der Waals surface area contributed by atoms with Crippen LogP contribution in [0.3, 0.4) is 0 Å². The summed E-state index contributed by atoms with van der Waals surface area (Å²) < 4.78 is 14.0. The van der Waals surface area contributed by atoms with E-state index >= 15 is 0 Å². The molecule has 0 saturated heterocycles. The van der Waals surface area contributed by atoms with E-state index in [1.165, 1.54) is 29.0 Å². The van der Waals surface area contributed by atoms with Crippen LogP contribution < -0.4 is 5.32 Å². The van der Waals surface area contributed by atoms with E-state index in [0.29, 0.717) is 21.7 Å². The smallest absolute Gasteiger partial charge is 0.273 e. The number of benzene rings is 2. The molecule has 0 fully saturated rings. The second kappa shape index (κ2) is 7.27. The number of thioether (sulfide) groups is 1. The van der Waals surface area contributed by atoms with Crippen LogP contribution in [-0.4, -0.2) is 21.1 Å². The Hall–Kier alpha value is -2.71. The van der Waals surface area contributed by atoms with E-state index in [-0.39, 0.29) is 11.7 Å². The van der Waals surface area contributed by atoms with Crippen LogP contribution in [0.4, 0.5) is 9.52 Å². The largest absolute Gasteiger partial charge is 0.351 e. The minimum Gasteiger partial charge on any atom is -0.351 e. The molecule has 2 aromatic heterocycles. The van der Waals surface area contributed by atoms with Crippen molar-refractivity contribution < 1.29 is 9.18 Å². The highest BCUT2D eigenvalue weighted by atomic mass is 32.2. The van der Waals surface area contributed by atoms with Gasteiger partial charge in [0.25, 0.3) is 5.91 Å². The Morgan fingerprint density at radius 2 is 2.00 bits per heavy atom. The second-order valence-electron chi connectivity index (χ2n) is 5.52. The molecule has 0 unspecified atom stereocenters. The molecule has 4 rings (SSSR count). The number of fused-ring (bicyclic) bond motifs is 1. The van der Waals surface area contributed by atoms with E-state index in [4.69, 9.17) is 0 Å². The van der Waals surface area contributed by atoms with Crippen molar-refractivity contribution in [2.24, 2.45) is 0 Å². The minimum absolute atomic E-state index is 0.336.